The highest BCUT2D eigenvalue weighted by Crippen LogP contribution is 2.29. The van der Waals surface area contributed by atoms with Gasteiger partial charge in [-0.2, -0.15) is 0 Å². The fourth-order valence-electron chi connectivity index (χ4n) is 2.45. The van der Waals surface area contributed by atoms with Crippen molar-refractivity contribution in [2.24, 2.45) is 0 Å². The largest absolute Gasteiger partial charge is 0.478 e. The Morgan fingerprint density at radius 1 is 1.24 bits per heavy atom. The molecule has 1 heterocycles. The number of imidazole rings is 1. The maximum absolute atomic E-state index is 11.2. The lowest BCUT2D eigenvalue weighted by Crippen LogP contribution is -2.00. The Hall–Kier alpha value is -2.27. The van der Waals surface area contributed by atoms with Crippen molar-refractivity contribution < 1.29 is 9.90 Å². The second-order valence-electron chi connectivity index (χ2n) is 4.67. The molecule has 1 N–H and O–H groups in total. The van der Waals surface area contributed by atoms with Crippen molar-refractivity contribution in [3.63, 3.8) is 0 Å². The molecular formula is C16H14N2O2S. The molecule has 0 atom stereocenters. The Labute approximate surface area is 126 Å². The van der Waals surface area contributed by atoms with Crippen LogP contribution >= 0.6 is 11.8 Å². The number of thioether (sulfide) groups is 1. The minimum Gasteiger partial charge on any atom is -0.478 e. The Balaban J connectivity index is 2.33. The number of hydrogen-bond donors (Lipinski definition) is 1. The third-order valence-corrected chi connectivity index (χ3v) is 4.18. The van der Waals surface area contributed by atoms with Gasteiger partial charge in [-0.3, -0.25) is 4.57 Å². The summed E-state index contributed by atoms with van der Waals surface area (Å²) < 4.78 is 2.01. The third kappa shape index (κ3) is 2.29. The number of carboxylic acid groups (broad SMARTS) is 1. The second kappa shape index (κ2) is 5.26. The normalized spacial score (nSPS) is 11.0. The molecule has 21 heavy (non-hydrogen) atoms. The van der Waals surface area contributed by atoms with Crippen molar-refractivity contribution in [1.29, 1.82) is 0 Å². The van der Waals surface area contributed by atoms with Crippen LogP contribution in [-0.4, -0.2) is 26.9 Å². The van der Waals surface area contributed by atoms with E-state index in [0.717, 1.165) is 27.4 Å². The topological polar surface area (TPSA) is 55.1 Å². The van der Waals surface area contributed by atoms with Crippen LogP contribution in [0.25, 0.3) is 16.7 Å². The molecule has 1 aromatic heterocycles. The predicted octanol–water partition coefficient (Wildman–Crippen LogP) is 3.75. The highest BCUT2D eigenvalue weighted by molar-refractivity contribution is 7.98. The van der Waals surface area contributed by atoms with E-state index in [4.69, 9.17) is 0 Å². The van der Waals surface area contributed by atoms with E-state index in [0.29, 0.717) is 0 Å². The summed E-state index contributed by atoms with van der Waals surface area (Å²) in [6.45, 7) is 1.93. The van der Waals surface area contributed by atoms with Gasteiger partial charge in [0.05, 0.1) is 22.3 Å². The number of rotatable bonds is 3. The number of hydrogen-bond acceptors (Lipinski definition) is 3. The zero-order valence-corrected chi connectivity index (χ0v) is 12.5. The van der Waals surface area contributed by atoms with Crippen LogP contribution in [-0.2, 0) is 0 Å². The van der Waals surface area contributed by atoms with Gasteiger partial charge in [-0.1, -0.05) is 12.1 Å². The summed E-state index contributed by atoms with van der Waals surface area (Å²) in [7, 11) is 0. The molecule has 3 rings (SSSR count). The Morgan fingerprint density at radius 3 is 2.71 bits per heavy atom. The highest BCUT2D eigenvalue weighted by Gasteiger charge is 2.14. The zero-order valence-electron chi connectivity index (χ0n) is 11.7. The Morgan fingerprint density at radius 2 is 2.00 bits per heavy atom. The monoisotopic (exact) mass is 298 g/mol. The number of benzene rings is 2. The van der Waals surface area contributed by atoms with E-state index in [9.17, 15) is 9.90 Å². The summed E-state index contributed by atoms with van der Waals surface area (Å²) in [6, 6.07) is 13.0. The molecule has 2 aromatic carbocycles. The molecule has 0 bridgehead atoms. The first-order valence-corrected chi connectivity index (χ1v) is 7.70. The summed E-state index contributed by atoms with van der Waals surface area (Å²) in [5.74, 6) is -0.0884. The molecule has 3 aromatic rings. The molecule has 4 nitrogen and oxygen atoms in total. The molecule has 0 amide bonds. The maximum Gasteiger partial charge on any atom is 0.335 e. The maximum atomic E-state index is 11.2. The summed E-state index contributed by atoms with van der Waals surface area (Å²) >= 11 is 1.66. The van der Waals surface area contributed by atoms with Gasteiger partial charge in [0, 0.05) is 4.90 Å². The van der Waals surface area contributed by atoms with Crippen LogP contribution in [0.5, 0.6) is 0 Å². The van der Waals surface area contributed by atoms with E-state index in [1.54, 1.807) is 30.0 Å². The fourth-order valence-corrected chi connectivity index (χ4v) is 3.03. The van der Waals surface area contributed by atoms with Crippen LogP contribution in [0.4, 0.5) is 0 Å². The van der Waals surface area contributed by atoms with Crippen molar-refractivity contribution >= 4 is 28.8 Å². The van der Waals surface area contributed by atoms with Gasteiger partial charge in [0.2, 0.25) is 0 Å². The number of aryl methyl sites for hydroxylation is 1. The number of carbonyl (C=O) groups is 1. The molecule has 106 valence electrons. The molecule has 5 heteroatoms. The number of para-hydroxylation sites is 1. The quantitative estimate of drug-likeness (QED) is 0.748. The average molecular weight is 298 g/mol. The van der Waals surface area contributed by atoms with Gasteiger partial charge in [0.1, 0.15) is 5.82 Å². The summed E-state index contributed by atoms with van der Waals surface area (Å²) in [5, 5.41) is 9.18. The minimum atomic E-state index is -0.930. The van der Waals surface area contributed by atoms with Crippen LogP contribution in [0, 0.1) is 6.92 Å². The first kappa shape index (κ1) is 13.7. The summed E-state index contributed by atoms with van der Waals surface area (Å²) in [4.78, 5) is 16.8. The molecule has 0 spiro atoms. The van der Waals surface area contributed by atoms with Crippen LogP contribution in [0.15, 0.2) is 47.4 Å². The number of carboxylic acids is 1. The van der Waals surface area contributed by atoms with Crippen molar-refractivity contribution in [2.45, 2.75) is 11.8 Å². The average Bonchev–Trinajstić information content (AvgIpc) is 2.81. The lowest BCUT2D eigenvalue weighted by Gasteiger charge is -2.11. The van der Waals surface area contributed by atoms with Crippen LogP contribution < -0.4 is 0 Å². The van der Waals surface area contributed by atoms with Crippen LogP contribution in [0.3, 0.4) is 0 Å². The smallest absolute Gasteiger partial charge is 0.335 e. The molecule has 0 saturated carbocycles. The molecule has 0 aliphatic carbocycles. The minimum absolute atomic E-state index is 0.269. The van der Waals surface area contributed by atoms with E-state index < -0.39 is 5.97 Å². The van der Waals surface area contributed by atoms with Crippen molar-refractivity contribution in [3.8, 4) is 5.69 Å². The Bertz CT molecular complexity index is 839. The van der Waals surface area contributed by atoms with Gasteiger partial charge in [-0.15, -0.1) is 11.8 Å². The SMILES string of the molecule is CSc1ccccc1-n1c(C)nc2ccc(C(=O)O)cc21. The van der Waals surface area contributed by atoms with E-state index in [-0.39, 0.29) is 5.56 Å². The lowest BCUT2D eigenvalue weighted by molar-refractivity contribution is 0.0697. The highest BCUT2D eigenvalue weighted by atomic mass is 32.2. The van der Waals surface area contributed by atoms with Crippen molar-refractivity contribution in [1.82, 2.24) is 9.55 Å². The van der Waals surface area contributed by atoms with Crippen molar-refractivity contribution in [2.75, 3.05) is 6.26 Å². The molecule has 0 saturated heterocycles. The van der Waals surface area contributed by atoms with Gasteiger partial charge in [0.15, 0.2) is 0 Å². The number of fused-ring (bicyclic) bond motifs is 1. The number of aromatic carboxylic acids is 1. The van der Waals surface area contributed by atoms with Crippen molar-refractivity contribution in [3.05, 3.63) is 53.9 Å². The molecule has 0 radical (unpaired) electrons. The van der Waals surface area contributed by atoms with E-state index in [1.807, 2.05) is 42.0 Å². The molecule has 0 unspecified atom stereocenters. The fraction of sp³-hybridized carbons (Fsp3) is 0.125. The van der Waals surface area contributed by atoms with E-state index in [2.05, 4.69) is 4.98 Å². The number of aromatic nitrogens is 2. The van der Waals surface area contributed by atoms with E-state index in [1.165, 1.54) is 0 Å². The molecular weight excluding hydrogens is 284 g/mol. The van der Waals surface area contributed by atoms with Crippen LogP contribution in [0.1, 0.15) is 16.2 Å². The first-order chi connectivity index (χ1) is 10.1. The lowest BCUT2D eigenvalue weighted by atomic mass is 10.2. The first-order valence-electron chi connectivity index (χ1n) is 6.47. The predicted molar refractivity (Wildman–Crippen MR) is 84.5 cm³/mol. The molecule has 0 fully saturated rings. The van der Waals surface area contributed by atoms with Gasteiger partial charge in [-0.25, -0.2) is 9.78 Å². The van der Waals surface area contributed by atoms with Gasteiger partial charge >= 0.3 is 5.97 Å². The third-order valence-electron chi connectivity index (χ3n) is 3.40. The Kier molecular flexibility index (Phi) is 3.43. The van der Waals surface area contributed by atoms with E-state index >= 15 is 0 Å². The van der Waals surface area contributed by atoms with Gasteiger partial charge in [0.25, 0.3) is 0 Å². The van der Waals surface area contributed by atoms with Crippen LogP contribution in [0.2, 0.25) is 0 Å². The summed E-state index contributed by atoms with van der Waals surface area (Å²) in [6.07, 6.45) is 2.02. The number of nitrogens with zero attached hydrogens (tertiary/aromatic N) is 2. The van der Waals surface area contributed by atoms with Gasteiger partial charge < -0.3 is 5.11 Å². The summed E-state index contributed by atoms with van der Waals surface area (Å²) in [5.41, 5.74) is 2.90. The van der Waals surface area contributed by atoms with Gasteiger partial charge in [-0.05, 0) is 43.5 Å². The molecule has 0 aliphatic heterocycles. The zero-order chi connectivity index (χ0) is 15.0. The molecule has 0 aliphatic rings. The second-order valence-corrected chi connectivity index (χ2v) is 5.52. The standard InChI is InChI=1S/C16H14N2O2S/c1-10-17-12-8-7-11(16(19)20)9-14(12)18(10)13-5-3-4-6-15(13)21-2/h3-9H,1-2H3,(H,19,20).